The van der Waals surface area contributed by atoms with Gasteiger partial charge in [-0.15, -0.1) is 5.10 Å². The predicted molar refractivity (Wildman–Crippen MR) is 141 cm³/mol. The number of aromatic hydroxyl groups is 1. The first-order valence-corrected chi connectivity index (χ1v) is 12.7. The molecule has 4 rings (SSSR count). The Balaban J connectivity index is 1.70. The second kappa shape index (κ2) is 11.1. The van der Waals surface area contributed by atoms with E-state index in [0.717, 1.165) is 51.8 Å². The van der Waals surface area contributed by atoms with Crippen LogP contribution in [0.3, 0.4) is 0 Å². The lowest BCUT2D eigenvalue weighted by Crippen LogP contribution is -2.18. The van der Waals surface area contributed by atoms with Gasteiger partial charge in [0.05, 0.1) is 11.9 Å². The molecule has 0 fully saturated rings. The van der Waals surface area contributed by atoms with E-state index in [2.05, 4.69) is 45.6 Å². The van der Waals surface area contributed by atoms with Crippen molar-refractivity contribution >= 4 is 29.0 Å². The van der Waals surface area contributed by atoms with E-state index in [0.29, 0.717) is 11.6 Å². The zero-order valence-corrected chi connectivity index (χ0v) is 21.8. The van der Waals surface area contributed by atoms with Crippen LogP contribution in [0.5, 0.6) is 5.75 Å². The summed E-state index contributed by atoms with van der Waals surface area (Å²) in [5, 5.41) is 29.0. The van der Waals surface area contributed by atoms with Gasteiger partial charge in [0.1, 0.15) is 11.3 Å². The average molecular weight is 506 g/mol. The number of aromatic nitrogens is 4. The molecule has 0 saturated carbocycles. The van der Waals surface area contributed by atoms with Crippen molar-refractivity contribution in [2.24, 2.45) is 7.05 Å². The maximum atomic E-state index is 11.9. The highest BCUT2D eigenvalue weighted by Crippen LogP contribution is 2.35. The molecule has 0 aliphatic carbocycles. The van der Waals surface area contributed by atoms with Crippen LogP contribution in [-0.4, -0.2) is 47.0 Å². The summed E-state index contributed by atoms with van der Waals surface area (Å²) in [6, 6.07) is 13.5. The minimum atomic E-state index is -0.852. The zero-order valence-electron chi connectivity index (χ0n) is 21.0. The molecule has 188 valence electrons. The maximum absolute atomic E-state index is 11.9. The molecule has 0 aliphatic rings. The molecule has 36 heavy (non-hydrogen) atoms. The third-order valence-corrected chi connectivity index (χ3v) is 7.45. The summed E-state index contributed by atoms with van der Waals surface area (Å²) in [5.74, 6) is -1.01. The van der Waals surface area contributed by atoms with E-state index < -0.39 is 5.97 Å². The number of rotatable bonds is 10. The summed E-state index contributed by atoms with van der Waals surface area (Å²) in [5.41, 5.74) is 6.78. The lowest BCUT2D eigenvalue weighted by atomic mass is 9.84. The van der Waals surface area contributed by atoms with Crippen LogP contribution < -0.4 is 0 Å². The highest BCUT2D eigenvalue weighted by Gasteiger charge is 2.23. The van der Waals surface area contributed by atoms with Crippen LogP contribution >= 0.6 is 11.9 Å². The molecule has 0 radical (unpaired) electrons. The Kier molecular flexibility index (Phi) is 7.91. The lowest BCUT2D eigenvalue weighted by molar-refractivity contribution is -0.137. The first-order chi connectivity index (χ1) is 17.3. The van der Waals surface area contributed by atoms with Gasteiger partial charge >= 0.3 is 5.97 Å². The number of hydrogen-bond acceptors (Lipinski definition) is 7. The van der Waals surface area contributed by atoms with Crippen LogP contribution in [0.4, 0.5) is 0 Å². The monoisotopic (exact) mass is 505 g/mol. The van der Waals surface area contributed by atoms with Crippen LogP contribution in [0.15, 0.2) is 53.7 Å². The molecule has 0 spiro atoms. The Bertz CT molecular complexity index is 1390. The Morgan fingerprint density at radius 2 is 2.00 bits per heavy atom. The average Bonchev–Trinajstić information content (AvgIpc) is 3.22. The van der Waals surface area contributed by atoms with E-state index >= 15 is 0 Å². The molecule has 0 aliphatic heterocycles. The van der Waals surface area contributed by atoms with Crippen LogP contribution in [0, 0.1) is 13.8 Å². The van der Waals surface area contributed by atoms with Crippen molar-refractivity contribution in [2.75, 3.05) is 6.54 Å². The number of aliphatic carboxylic acids is 1. The first-order valence-electron chi connectivity index (χ1n) is 12.0. The normalized spacial score (nSPS) is 12.4. The van der Waals surface area contributed by atoms with Gasteiger partial charge in [0, 0.05) is 32.3 Å². The third-order valence-electron chi connectivity index (χ3n) is 6.40. The van der Waals surface area contributed by atoms with Gasteiger partial charge in [-0.3, -0.25) is 4.79 Å². The molecule has 0 saturated heterocycles. The third kappa shape index (κ3) is 5.52. The van der Waals surface area contributed by atoms with Crippen LogP contribution in [0.25, 0.3) is 11.0 Å². The Morgan fingerprint density at radius 1 is 1.19 bits per heavy atom. The zero-order chi connectivity index (χ0) is 25.8. The Hall–Kier alpha value is -3.43. The largest absolute Gasteiger partial charge is 0.505 e. The van der Waals surface area contributed by atoms with Gasteiger partial charge in [0.25, 0.3) is 0 Å². The highest BCUT2D eigenvalue weighted by molar-refractivity contribution is 7.97. The molecule has 1 atom stereocenters. The first kappa shape index (κ1) is 25.7. The molecule has 0 amide bonds. The van der Waals surface area contributed by atoms with Crippen molar-refractivity contribution in [3.8, 4) is 5.75 Å². The van der Waals surface area contributed by atoms with Crippen LogP contribution in [0.1, 0.15) is 53.5 Å². The van der Waals surface area contributed by atoms with Crippen molar-refractivity contribution in [1.82, 2.24) is 24.3 Å². The molecule has 2 aromatic carbocycles. The second-order valence-electron chi connectivity index (χ2n) is 8.98. The Morgan fingerprint density at radius 3 is 2.72 bits per heavy atom. The quantitative estimate of drug-likeness (QED) is 0.283. The summed E-state index contributed by atoms with van der Waals surface area (Å²) < 4.78 is 3.90. The van der Waals surface area contributed by atoms with E-state index in [1.54, 1.807) is 23.0 Å². The standard InChI is InChI=1S/C27H31N5O3S/c1-5-13-32(36-27-24(33)7-6-12-28-27)16-20-14-19(9-8-17(20)2)22(15-25(34)35)21-10-11-23-26(18(21)3)29-30-31(23)4/h6-12,14,22,33H,5,13,15-16H2,1-4H3,(H,34,35). The summed E-state index contributed by atoms with van der Waals surface area (Å²) >= 11 is 1.43. The number of hydrogen-bond donors (Lipinski definition) is 2. The second-order valence-corrected chi connectivity index (χ2v) is 10.1. The molecule has 2 heterocycles. The van der Waals surface area contributed by atoms with Gasteiger partial charge in [-0.2, -0.15) is 0 Å². The number of benzene rings is 2. The van der Waals surface area contributed by atoms with Crippen LogP contribution in [-0.2, 0) is 18.4 Å². The number of nitrogens with zero attached hydrogens (tertiary/aromatic N) is 5. The minimum absolute atomic E-state index is 0.0235. The summed E-state index contributed by atoms with van der Waals surface area (Å²) in [4.78, 5) is 16.2. The van der Waals surface area contributed by atoms with Gasteiger partial charge in [0.15, 0.2) is 5.03 Å². The minimum Gasteiger partial charge on any atom is -0.505 e. The fraction of sp³-hybridized carbons (Fsp3) is 0.333. The number of pyridine rings is 1. The number of carboxylic acid groups (broad SMARTS) is 1. The van der Waals surface area contributed by atoms with Crippen molar-refractivity contribution in [3.63, 3.8) is 0 Å². The van der Waals surface area contributed by atoms with Crippen LogP contribution in [0.2, 0.25) is 0 Å². The lowest BCUT2D eigenvalue weighted by Gasteiger charge is -2.24. The van der Waals surface area contributed by atoms with E-state index in [1.165, 1.54) is 11.9 Å². The molecule has 4 aromatic rings. The fourth-order valence-corrected chi connectivity index (χ4v) is 5.45. The van der Waals surface area contributed by atoms with Crippen molar-refractivity contribution in [1.29, 1.82) is 0 Å². The number of aryl methyl sites for hydroxylation is 3. The van der Waals surface area contributed by atoms with E-state index in [1.807, 2.05) is 32.2 Å². The molecule has 2 N–H and O–H groups in total. The van der Waals surface area contributed by atoms with Gasteiger partial charge in [-0.25, -0.2) is 14.0 Å². The molecule has 1 unspecified atom stereocenters. The molecule has 0 bridgehead atoms. The van der Waals surface area contributed by atoms with Gasteiger partial charge in [-0.05, 0) is 78.2 Å². The number of fused-ring (bicyclic) bond motifs is 1. The van der Waals surface area contributed by atoms with E-state index in [4.69, 9.17) is 0 Å². The summed E-state index contributed by atoms with van der Waals surface area (Å²) in [6.45, 7) is 7.61. The maximum Gasteiger partial charge on any atom is 0.304 e. The van der Waals surface area contributed by atoms with Crippen molar-refractivity contribution in [2.45, 2.75) is 51.1 Å². The fourth-order valence-electron chi connectivity index (χ4n) is 4.46. The topological polar surface area (TPSA) is 104 Å². The molecule has 2 aromatic heterocycles. The molecular formula is C27H31N5O3S. The van der Waals surface area contributed by atoms with E-state index in [-0.39, 0.29) is 18.1 Å². The Labute approximate surface area is 215 Å². The number of carbonyl (C=O) groups is 1. The van der Waals surface area contributed by atoms with E-state index in [9.17, 15) is 15.0 Å². The molecule has 9 heteroatoms. The molecular weight excluding hydrogens is 474 g/mol. The number of carboxylic acids is 1. The van der Waals surface area contributed by atoms with Gasteiger partial charge in [-0.1, -0.05) is 36.4 Å². The molecule has 8 nitrogen and oxygen atoms in total. The SMILES string of the molecule is CCCN(Cc1cc(C(CC(=O)O)c2ccc3c(nnn3C)c2C)ccc1C)Sc1ncccc1O. The smallest absolute Gasteiger partial charge is 0.304 e. The predicted octanol–water partition coefficient (Wildman–Crippen LogP) is 5.21. The highest BCUT2D eigenvalue weighted by atomic mass is 32.2. The van der Waals surface area contributed by atoms with Gasteiger partial charge < -0.3 is 10.2 Å². The van der Waals surface area contributed by atoms with Gasteiger partial charge in [0.2, 0.25) is 0 Å². The summed E-state index contributed by atoms with van der Waals surface area (Å²) in [7, 11) is 1.85. The van der Waals surface area contributed by atoms with Crippen molar-refractivity contribution < 1.29 is 15.0 Å². The summed E-state index contributed by atoms with van der Waals surface area (Å²) in [6.07, 6.45) is 2.59. The van der Waals surface area contributed by atoms with Crippen molar-refractivity contribution in [3.05, 3.63) is 76.5 Å².